The molecule has 0 spiro atoms. The summed E-state index contributed by atoms with van der Waals surface area (Å²) >= 11 is 1.68. The van der Waals surface area contributed by atoms with Gasteiger partial charge in [-0.1, -0.05) is 6.07 Å². The van der Waals surface area contributed by atoms with Crippen LogP contribution in [-0.4, -0.2) is 22.6 Å². The number of anilines is 2. The molecule has 0 aliphatic heterocycles. The monoisotopic (exact) mass is 263 g/mol. The lowest BCUT2D eigenvalue weighted by molar-refractivity contribution is 0.0690. The molecule has 0 aliphatic rings. The molecule has 18 heavy (non-hydrogen) atoms. The van der Waals surface area contributed by atoms with Gasteiger partial charge in [0.05, 0.1) is 5.69 Å². The molecule has 0 atom stereocenters. The van der Waals surface area contributed by atoms with Crippen LogP contribution in [0.4, 0.5) is 11.5 Å². The molecule has 6 heteroatoms. The second-order valence-electron chi connectivity index (χ2n) is 3.70. The molecule has 0 fully saturated rings. The minimum absolute atomic E-state index is 0.0113. The van der Waals surface area contributed by atoms with Crippen molar-refractivity contribution < 1.29 is 9.90 Å². The number of nitrogens with zero attached hydrogens (tertiary/aromatic N) is 1. The number of aromatic carboxylic acids is 1. The van der Waals surface area contributed by atoms with Gasteiger partial charge >= 0.3 is 5.97 Å². The van der Waals surface area contributed by atoms with E-state index in [1.807, 2.05) is 11.4 Å². The van der Waals surface area contributed by atoms with Crippen LogP contribution in [0.3, 0.4) is 0 Å². The lowest BCUT2D eigenvalue weighted by atomic mass is 10.3. The van der Waals surface area contributed by atoms with Crippen molar-refractivity contribution in [2.75, 3.05) is 17.6 Å². The molecule has 2 heterocycles. The molecular weight excluding hydrogens is 250 g/mol. The zero-order chi connectivity index (χ0) is 13.0. The molecule has 0 bridgehead atoms. The van der Waals surface area contributed by atoms with Gasteiger partial charge in [0.1, 0.15) is 5.82 Å². The van der Waals surface area contributed by atoms with Crippen LogP contribution < -0.4 is 11.1 Å². The Morgan fingerprint density at radius 3 is 2.94 bits per heavy atom. The van der Waals surface area contributed by atoms with Gasteiger partial charge in [-0.05, 0) is 30.0 Å². The van der Waals surface area contributed by atoms with Gasteiger partial charge in [-0.3, -0.25) is 0 Å². The third kappa shape index (κ3) is 2.98. The van der Waals surface area contributed by atoms with E-state index in [0.29, 0.717) is 18.1 Å². The Kier molecular flexibility index (Phi) is 3.78. The van der Waals surface area contributed by atoms with Crippen molar-refractivity contribution in [3.63, 3.8) is 0 Å². The smallest absolute Gasteiger partial charge is 0.354 e. The minimum Gasteiger partial charge on any atom is -0.477 e. The van der Waals surface area contributed by atoms with Crippen LogP contribution in [0, 0.1) is 0 Å². The number of hydrogen-bond donors (Lipinski definition) is 3. The molecular formula is C12H13N3O2S. The van der Waals surface area contributed by atoms with Gasteiger partial charge in [-0.25, -0.2) is 9.78 Å². The van der Waals surface area contributed by atoms with Gasteiger partial charge in [-0.2, -0.15) is 0 Å². The predicted octanol–water partition coefficient (Wildman–Crippen LogP) is 2.08. The maximum atomic E-state index is 10.8. The molecule has 2 aromatic rings. The fourth-order valence-electron chi connectivity index (χ4n) is 1.49. The summed E-state index contributed by atoms with van der Waals surface area (Å²) in [6, 6.07) is 6.99. The summed E-state index contributed by atoms with van der Waals surface area (Å²) in [7, 11) is 0. The third-order valence-corrected chi connectivity index (χ3v) is 3.33. The van der Waals surface area contributed by atoms with E-state index in [0.717, 1.165) is 6.42 Å². The molecule has 0 radical (unpaired) electrons. The second-order valence-corrected chi connectivity index (χ2v) is 4.73. The number of carbonyl (C=O) groups is 1. The number of carboxylic acids is 1. The zero-order valence-corrected chi connectivity index (χ0v) is 10.4. The lowest BCUT2D eigenvalue weighted by Gasteiger charge is -2.08. The van der Waals surface area contributed by atoms with Gasteiger partial charge in [0, 0.05) is 11.4 Å². The first kappa shape index (κ1) is 12.4. The number of nitrogen functional groups attached to an aromatic ring is 1. The molecule has 2 rings (SSSR count). The molecule has 0 unspecified atom stereocenters. The van der Waals surface area contributed by atoms with Crippen molar-refractivity contribution in [2.24, 2.45) is 0 Å². The van der Waals surface area contributed by atoms with Crippen LogP contribution in [0.2, 0.25) is 0 Å². The van der Waals surface area contributed by atoms with E-state index in [-0.39, 0.29) is 5.69 Å². The van der Waals surface area contributed by atoms with Crippen molar-refractivity contribution in [2.45, 2.75) is 6.42 Å². The van der Waals surface area contributed by atoms with Crippen LogP contribution >= 0.6 is 11.3 Å². The second kappa shape index (κ2) is 5.50. The van der Waals surface area contributed by atoms with Gasteiger partial charge in [0.2, 0.25) is 0 Å². The molecule has 0 aliphatic carbocycles. The Balaban J connectivity index is 2.00. The summed E-state index contributed by atoms with van der Waals surface area (Å²) in [6.07, 6.45) is 0.857. The quantitative estimate of drug-likeness (QED) is 0.768. The van der Waals surface area contributed by atoms with Gasteiger partial charge < -0.3 is 16.2 Å². The number of hydrogen-bond acceptors (Lipinski definition) is 5. The minimum atomic E-state index is -1.06. The Labute approximate surface area is 108 Å². The molecule has 0 aromatic carbocycles. The predicted molar refractivity (Wildman–Crippen MR) is 72.1 cm³/mol. The topological polar surface area (TPSA) is 88.2 Å². The molecule has 0 saturated heterocycles. The van der Waals surface area contributed by atoms with E-state index in [1.165, 1.54) is 10.9 Å². The maximum Gasteiger partial charge on any atom is 0.354 e. The van der Waals surface area contributed by atoms with Crippen molar-refractivity contribution in [3.8, 4) is 0 Å². The average Bonchev–Trinajstić information content (AvgIpc) is 2.84. The summed E-state index contributed by atoms with van der Waals surface area (Å²) in [5.41, 5.74) is 6.17. The summed E-state index contributed by atoms with van der Waals surface area (Å²) in [5.74, 6) is -0.636. The third-order valence-electron chi connectivity index (χ3n) is 2.39. The van der Waals surface area contributed by atoms with Crippen molar-refractivity contribution in [1.29, 1.82) is 0 Å². The maximum absolute atomic E-state index is 10.8. The summed E-state index contributed by atoms with van der Waals surface area (Å²) in [5, 5.41) is 13.9. The number of nitrogens with two attached hydrogens (primary N) is 1. The highest BCUT2D eigenvalue weighted by Crippen LogP contribution is 2.16. The van der Waals surface area contributed by atoms with Crippen molar-refractivity contribution in [3.05, 3.63) is 40.2 Å². The fourth-order valence-corrected chi connectivity index (χ4v) is 2.20. The molecule has 94 valence electrons. The van der Waals surface area contributed by atoms with Crippen molar-refractivity contribution in [1.82, 2.24) is 4.98 Å². The highest BCUT2D eigenvalue weighted by atomic mass is 32.1. The van der Waals surface area contributed by atoms with Gasteiger partial charge in [-0.15, -0.1) is 11.3 Å². The normalized spacial score (nSPS) is 10.2. The lowest BCUT2D eigenvalue weighted by Crippen LogP contribution is -2.10. The molecule has 2 aromatic heterocycles. The van der Waals surface area contributed by atoms with E-state index in [4.69, 9.17) is 10.8 Å². The summed E-state index contributed by atoms with van der Waals surface area (Å²) in [4.78, 5) is 16.0. The number of nitrogens with one attached hydrogen (secondary N) is 1. The first-order valence-corrected chi connectivity index (χ1v) is 6.31. The summed E-state index contributed by atoms with van der Waals surface area (Å²) < 4.78 is 0. The highest BCUT2D eigenvalue weighted by Gasteiger charge is 2.08. The first-order chi connectivity index (χ1) is 8.66. The first-order valence-electron chi connectivity index (χ1n) is 5.43. The van der Waals surface area contributed by atoms with Crippen LogP contribution in [0.15, 0.2) is 29.6 Å². The number of carboxylic acid groups (broad SMARTS) is 1. The number of rotatable bonds is 5. The zero-order valence-electron chi connectivity index (χ0n) is 9.59. The fraction of sp³-hybridized carbons (Fsp3) is 0.167. The Bertz CT molecular complexity index is 540. The summed E-state index contributed by atoms with van der Waals surface area (Å²) in [6.45, 7) is 0.667. The van der Waals surface area contributed by atoms with Gasteiger partial charge in [0.15, 0.2) is 5.69 Å². The Morgan fingerprint density at radius 1 is 1.44 bits per heavy atom. The Hall–Kier alpha value is -2.08. The SMILES string of the molecule is Nc1ccc(C(=O)O)nc1NCCc1cccs1. The number of thiophene rings is 1. The van der Waals surface area contributed by atoms with E-state index in [1.54, 1.807) is 17.4 Å². The van der Waals surface area contributed by atoms with Crippen LogP contribution in [0.25, 0.3) is 0 Å². The molecule has 0 saturated carbocycles. The van der Waals surface area contributed by atoms with Crippen LogP contribution in [-0.2, 0) is 6.42 Å². The number of aromatic nitrogens is 1. The van der Waals surface area contributed by atoms with Crippen molar-refractivity contribution >= 4 is 28.8 Å². The van der Waals surface area contributed by atoms with Gasteiger partial charge in [0.25, 0.3) is 0 Å². The van der Waals surface area contributed by atoms with E-state index in [2.05, 4.69) is 16.4 Å². The molecule has 5 nitrogen and oxygen atoms in total. The highest BCUT2D eigenvalue weighted by molar-refractivity contribution is 7.09. The molecule has 4 N–H and O–H groups in total. The van der Waals surface area contributed by atoms with E-state index >= 15 is 0 Å². The van der Waals surface area contributed by atoms with E-state index < -0.39 is 5.97 Å². The Morgan fingerprint density at radius 2 is 2.28 bits per heavy atom. The van der Waals surface area contributed by atoms with Crippen LogP contribution in [0.1, 0.15) is 15.4 Å². The molecule has 0 amide bonds. The van der Waals surface area contributed by atoms with Crippen LogP contribution in [0.5, 0.6) is 0 Å². The standard InChI is InChI=1S/C12H13N3O2S/c13-9-3-4-10(12(16)17)15-11(9)14-6-5-8-2-1-7-18-8/h1-4,7H,5-6,13H2,(H,14,15)(H,16,17). The largest absolute Gasteiger partial charge is 0.477 e. The average molecular weight is 263 g/mol. The number of pyridine rings is 1. The van der Waals surface area contributed by atoms with E-state index in [9.17, 15) is 4.79 Å².